The Kier molecular flexibility index (Phi) is 2.92. The molecule has 0 saturated carbocycles. The Bertz CT molecular complexity index is 751. The van der Waals surface area contributed by atoms with Gasteiger partial charge in [0.2, 0.25) is 11.8 Å². The van der Waals surface area contributed by atoms with Crippen LogP contribution in [-0.4, -0.2) is 16.7 Å². The van der Waals surface area contributed by atoms with Crippen molar-refractivity contribution in [2.75, 3.05) is 11.4 Å². The normalized spacial score (nSPS) is 13.4. The quantitative estimate of drug-likeness (QED) is 0.736. The number of rotatable bonds is 3. The van der Waals surface area contributed by atoms with Crippen LogP contribution in [0.1, 0.15) is 11.5 Å². The molecule has 0 saturated heterocycles. The molecule has 4 nitrogen and oxygen atoms in total. The van der Waals surface area contributed by atoms with E-state index in [1.54, 1.807) is 0 Å². The predicted octanol–water partition coefficient (Wildman–Crippen LogP) is 3.30. The van der Waals surface area contributed by atoms with Crippen LogP contribution in [0.3, 0.4) is 0 Å². The molecule has 0 fully saturated rings. The van der Waals surface area contributed by atoms with E-state index in [1.807, 2.05) is 30.3 Å². The molecule has 0 N–H and O–H groups in total. The van der Waals surface area contributed by atoms with Crippen molar-refractivity contribution in [3.63, 3.8) is 0 Å². The van der Waals surface area contributed by atoms with E-state index in [2.05, 4.69) is 39.4 Å². The van der Waals surface area contributed by atoms with Crippen molar-refractivity contribution in [3.05, 3.63) is 66.1 Å². The van der Waals surface area contributed by atoms with Gasteiger partial charge in [0, 0.05) is 17.8 Å². The Balaban J connectivity index is 1.56. The van der Waals surface area contributed by atoms with E-state index in [-0.39, 0.29) is 0 Å². The highest BCUT2D eigenvalue weighted by Crippen LogP contribution is 2.29. The maximum atomic E-state index is 5.78. The number of benzene rings is 2. The lowest BCUT2D eigenvalue weighted by atomic mass is 10.2. The minimum Gasteiger partial charge on any atom is -0.419 e. The number of anilines is 1. The van der Waals surface area contributed by atoms with Gasteiger partial charge >= 0.3 is 0 Å². The Hall–Kier alpha value is -2.62. The third-order valence-corrected chi connectivity index (χ3v) is 3.80. The number of hydrogen-bond donors (Lipinski definition) is 0. The molecule has 0 unspecified atom stereocenters. The van der Waals surface area contributed by atoms with Gasteiger partial charge in [-0.25, -0.2) is 0 Å². The van der Waals surface area contributed by atoms with Gasteiger partial charge in [-0.05, 0) is 30.2 Å². The number of hydrogen-bond acceptors (Lipinski definition) is 4. The van der Waals surface area contributed by atoms with Gasteiger partial charge in [0.15, 0.2) is 0 Å². The van der Waals surface area contributed by atoms with E-state index in [9.17, 15) is 0 Å². The van der Waals surface area contributed by atoms with Gasteiger partial charge in [-0.3, -0.25) is 0 Å². The van der Waals surface area contributed by atoms with Crippen LogP contribution in [-0.2, 0) is 13.0 Å². The molecule has 1 aliphatic rings. The van der Waals surface area contributed by atoms with Crippen LogP contribution in [0.5, 0.6) is 0 Å². The molecule has 0 aliphatic carbocycles. The largest absolute Gasteiger partial charge is 0.419 e. The molecule has 2 aromatic carbocycles. The first-order valence-corrected chi connectivity index (χ1v) is 7.11. The summed E-state index contributed by atoms with van der Waals surface area (Å²) in [5, 5.41) is 8.31. The van der Waals surface area contributed by atoms with E-state index in [0.717, 1.165) is 18.5 Å². The van der Waals surface area contributed by atoms with Crippen LogP contribution < -0.4 is 4.90 Å². The zero-order chi connectivity index (χ0) is 14.1. The van der Waals surface area contributed by atoms with Crippen molar-refractivity contribution < 1.29 is 4.42 Å². The number of para-hydroxylation sites is 1. The molecule has 2 heterocycles. The van der Waals surface area contributed by atoms with Crippen molar-refractivity contribution in [1.29, 1.82) is 0 Å². The monoisotopic (exact) mass is 277 g/mol. The summed E-state index contributed by atoms with van der Waals surface area (Å²) in [6, 6.07) is 18.3. The highest BCUT2D eigenvalue weighted by Gasteiger charge is 2.20. The lowest BCUT2D eigenvalue weighted by Gasteiger charge is -2.16. The third kappa shape index (κ3) is 2.29. The summed E-state index contributed by atoms with van der Waals surface area (Å²) in [5.41, 5.74) is 3.62. The topological polar surface area (TPSA) is 42.2 Å². The van der Waals surface area contributed by atoms with Crippen molar-refractivity contribution in [2.45, 2.75) is 13.0 Å². The molecular formula is C17H15N3O. The smallest absolute Gasteiger partial charge is 0.247 e. The number of nitrogens with zero attached hydrogens (tertiary/aromatic N) is 3. The van der Waals surface area contributed by atoms with Crippen LogP contribution in [0.2, 0.25) is 0 Å². The molecule has 4 rings (SSSR count). The standard InChI is InChI=1S/C17H15N3O/c1-2-7-14(8-3-1)17-19-18-16(21-17)12-20-11-10-13-6-4-5-9-15(13)20/h1-9H,10-12H2. The molecule has 1 aliphatic heterocycles. The van der Waals surface area contributed by atoms with Gasteiger partial charge in [-0.15, -0.1) is 10.2 Å². The number of aromatic nitrogens is 2. The maximum absolute atomic E-state index is 5.78. The average Bonchev–Trinajstić information content (AvgIpc) is 3.17. The van der Waals surface area contributed by atoms with Crippen LogP contribution in [0.15, 0.2) is 59.0 Å². The van der Waals surface area contributed by atoms with Gasteiger partial charge in [0.25, 0.3) is 0 Å². The molecule has 0 amide bonds. The van der Waals surface area contributed by atoms with E-state index < -0.39 is 0 Å². The summed E-state index contributed by atoms with van der Waals surface area (Å²) in [6.45, 7) is 1.67. The zero-order valence-electron chi connectivity index (χ0n) is 11.6. The molecule has 21 heavy (non-hydrogen) atoms. The molecule has 0 atom stereocenters. The zero-order valence-corrected chi connectivity index (χ0v) is 11.6. The first kappa shape index (κ1) is 12.1. The molecule has 4 heteroatoms. The van der Waals surface area contributed by atoms with E-state index >= 15 is 0 Å². The highest BCUT2D eigenvalue weighted by molar-refractivity contribution is 5.57. The molecular weight excluding hydrogens is 262 g/mol. The van der Waals surface area contributed by atoms with Gasteiger partial charge in [-0.2, -0.15) is 0 Å². The lowest BCUT2D eigenvalue weighted by Crippen LogP contribution is -2.19. The molecule has 0 bridgehead atoms. The Morgan fingerprint density at radius 3 is 2.67 bits per heavy atom. The van der Waals surface area contributed by atoms with Crippen LogP contribution in [0, 0.1) is 0 Å². The van der Waals surface area contributed by atoms with E-state index in [1.165, 1.54) is 11.3 Å². The Morgan fingerprint density at radius 1 is 0.952 bits per heavy atom. The minimum absolute atomic E-state index is 0.582. The average molecular weight is 277 g/mol. The lowest BCUT2D eigenvalue weighted by molar-refractivity contribution is 0.500. The highest BCUT2D eigenvalue weighted by atomic mass is 16.4. The van der Waals surface area contributed by atoms with Crippen LogP contribution in [0.25, 0.3) is 11.5 Å². The summed E-state index contributed by atoms with van der Waals surface area (Å²) in [6.07, 6.45) is 1.08. The molecule has 104 valence electrons. The summed E-state index contributed by atoms with van der Waals surface area (Å²) in [4.78, 5) is 2.29. The SMILES string of the molecule is c1ccc(-c2nnc(CN3CCc4ccccc43)o2)cc1. The van der Waals surface area contributed by atoms with E-state index in [4.69, 9.17) is 4.42 Å². The molecule has 1 aromatic heterocycles. The van der Waals surface area contributed by atoms with Crippen molar-refractivity contribution in [1.82, 2.24) is 10.2 Å². The number of fused-ring (bicyclic) bond motifs is 1. The van der Waals surface area contributed by atoms with Crippen molar-refractivity contribution in [3.8, 4) is 11.5 Å². The third-order valence-electron chi connectivity index (χ3n) is 3.80. The fourth-order valence-corrected chi connectivity index (χ4v) is 2.75. The summed E-state index contributed by atoms with van der Waals surface area (Å²) in [7, 11) is 0. The van der Waals surface area contributed by atoms with Gasteiger partial charge in [0.05, 0.1) is 6.54 Å². The second-order valence-electron chi connectivity index (χ2n) is 5.17. The summed E-state index contributed by atoms with van der Waals surface area (Å²) >= 11 is 0. The maximum Gasteiger partial charge on any atom is 0.247 e. The first-order chi connectivity index (χ1) is 10.4. The summed E-state index contributed by atoms with van der Waals surface area (Å²) < 4.78 is 5.78. The fourth-order valence-electron chi connectivity index (χ4n) is 2.75. The van der Waals surface area contributed by atoms with E-state index in [0.29, 0.717) is 18.3 Å². The van der Waals surface area contributed by atoms with Gasteiger partial charge in [-0.1, -0.05) is 36.4 Å². The van der Waals surface area contributed by atoms with Crippen LogP contribution >= 0.6 is 0 Å². The van der Waals surface area contributed by atoms with Crippen LogP contribution in [0.4, 0.5) is 5.69 Å². The van der Waals surface area contributed by atoms with Crippen molar-refractivity contribution in [2.24, 2.45) is 0 Å². The predicted molar refractivity (Wildman–Crippen MR) is 80.9 cm³/mol. The fraction of sp³-hybridized carbons (Fsp3) is 0.176. The Labute approximate surface area is 123 Å². The molecule has 0 spiro atoms. The second-order valence-corrected chi connectivity index (χ2v) is 5.17. The summed E-state index contributed by atoms with van der Waals surface area (Å²) in [5.74, 6) is 1.24. The minimum atomic E-state index is 0.582. The van der Waals surface area contributed by atoms with Crippen molar-refractivity contribution >= 4 is 5.69 Å². The van der Waals surface area contributed by atoms with Gasteiger partial charge in [0.1, 0.15) is 0 Å². The first-order valence-electron chi connectivity index (χ1n) is 7.11. The second kappa shape index (κ2) is 5.05. The Morgan fingerprint density at radius 2 is 1.76 bits per heavy atom. The molecule has 3 aromatic rings. The molecule has 0 radical (unpaired) electrons. The van der Waals surface area contributed by atoms with Gasteiger partial charge < -0.3 is 9.32 Å².